The zero-order valence-electron chi connectivity index (χ0n) is 12.5. The third-order valence-corrected chi connectivity index (χ3v) is 5.37. The monoisotopic (exact) mass is 237 g/mol. The molecule has 3 unspecified atom stereocenters. The Morgan fingerprint density at radius 1 is 1.00 bits per heavy atom. The highest BCUT2D eigenvalue weighted by Crippen LogP contribution is 2.41. The van der Waals surface area contributed by atoms with Crippen molar-refractivity contribution in [3.63, 3.8) is 0 Å². The molecule has 0 spiro atoms. The largest absolute Gasteiger partial charge is 0.310 e. The van der Waals surface area contributed by atoms with Crippen molar-refractivity contribution >= 4 is 0 Å². The number of hydrogen-bond donors (Lipinski definition) is 1. The van der Waals surface area contributed by atoms with Crippen LogP contribution in [-0.2, 0) is 0 Å². The average molecular weight is 237 g/mol. The van der Waals surface area contributed by atoms with E-state index in [9.17, 15) is 0 Å². The Labute approximate surface area is 108 Å². The van der Waals surface area contributed by atoms with Gasteiger partial charge in [-0.3, -0.25) is 0 Å². The maximum atomic E-state index is 4.00. The molecule has 0 aromatic carbocycles. The highest BCUT2D eigenvalue weighted by Gasteiger charge is 2.38. The molecule has 0 aliphatic heterocycles. The van der Waals surface area contributed by atoms with Crippen LogP contribution in [0.15, 0.2) is 0 Å². The summed E-state index contributed by atoms with van der Waals surface area (Å²) in [5.74, 6) is 0.843. The van der Waals surface area contributed by atoms with E-state index in [0.717, 1.165) is 18.0 Å². The van der Waals surface area contributed by atoms with Gasteiger partial charge in [0.05, 0.1) is 0 Å². The lowest BCUT2D eigenvalue weighted by Crippen LogP contribution is -2.49. The van der Waals surface area contributed by atoms with Crippen LogP contribution < -0.4 is 5.32 Å². The van der Waals surface area contributed by atoms with Gasteiger partial charge in [-0.1, -0.05) is 41.0 Å². The SMILES string of the molecule is CC1CC(C)(C)CCC1NC1CCCC1(C)C. The maximum Gasteiger partial charge on any atom is 0.0121 e. The lowest BCUT2D eigenvalue weighted by molar-refractivity contribution is 0.126. The number of nitrogens with one attached hydrogen (secondary N) is 1. The molecule has 0 radical (unpaired) electrons. The maximum absolute atomic E-state index is 4.00. The van der Waals surface area contributed by atoms with E-state index in [2.05, 4.69) is 39.9 Å². The van der Waals surface area contributed by atoms with Crippen LogP contribution in [0.3, 0.4) is 0 Å². The molecule has 100 valence electrons. The molecule has 0 amide bonds. The molecule has 0 heterocycles. The summed E-state index contributed by atoms with van der Waals surface area (Å²) in [5.41, 5.74) is 1.09. The molecular weight excluding hydrogens is 206 g/mol. The van der Waals surface area contributed by atoms with Crippen molar-refractivity contribution in [3.8, 4) is 0 Å². The van der Waals surface area contributed by atoms with E-state index >= 15 is 0 Å². The predicted octanol–water partition coefficient (Wildman–Crippen LogP) is 4.37. The normalized spacial score (nSPS) is 40.4. The van der Waals surface area contributed by atoms with E-state index in [1.54, 1.807) is 0 Å². The summed E-state index contributed by atoms with van der Waals surface area (Å²) in [6, 6.07) is 1.53. The average Bonchev–Trinajstić information content (AvgIpc) is 2.50. The van der Waals surface area contributed by atoms with E-state index in [1.165, 1.54) is 38.5 Å². The Hall–Kier alpha value is -0.0400. The second kappa shape index (κ2) is 4.57. The first-order valence-corrected chi connectivity index (χ1v) is 7.56. The predicted molar refractivity (Wildman–Crippen MR) is 75.1 cm³/mol. The number of hydrogen-bond acceptors (Lipinski definition) is 1. The zero-order valence-corrected chi connectivity index (χ0v) is 12.5. The minimum absolute atomic E-state index is 0.521. The molecule has 1 nitrogen and oxygen atoms in total. The molecule has 0 aromatic rings. The Morgan fingerprint density at radius 2 is 1.71 bits per heavy atom. The molecule has 1 N–H and O–H groups in total. The van der Waals surface area contributed by atoms with Crippen LogP contribution in [0.4, 0.5) is 0 Å². The summed E-state index contributed by atoms with van der Waals surface area (Å²) >= 11 is 0. The molecule has 3 atom stereocenters. The van der Waals surface area contributed by atoms with Crippen molar-refractivity contribution in [2.24, 2.45) is 16.7 Å². The molecule has 0 bridgehead atoms. The van der Waals surface area contributed by atoms with Crippen molar-refractivity contribution < 1.29 is 0 Å². The van der Waals surface area contributed by atoms with E-state index in [1.807, 2.05) is 0 Å². The summed E-state index contributed by atoms with van der Waals surface area (Å²) in [5, 5.41) is 4.00. The molecule has 17 heavy (non-hydrogen) atoms. The first-order valence-electron chi connectivity index (χ1n) is 7.56. The molecule has 2 saturated carbocycles. The molecule has 0 aromatic heterocycles. The summed E-state index contributed by atoms with van der Waals surface area (Å²) < 4.78 is 0. The molecule has 2 aliphatic rings. The summed E-state index contributed by atoms with van der Waals surface area (Å²) in [4.78, 5) is 0. The van der Waals surface area contributed by atoms with E-state index < -0.39 is 0 Å². The molecule has 2 rings (SSSR count). The van der Waals surface area contributed by atoms with Gasteiger partial charge in [-0.05, 0) is 48.9 Å². The van der Waals surface area contributed by atoms with Gasteiger partial charge in [-0.15, -0.1) is 0 Å². The lowest BCUT2D eigenvalue weighted by atomic mass is 9.70. The Morgan fingerprint density at radius 3 is 2.24 bits per heavy atom. The smallest absolute Gasteiger partial charge is 0.0121 e. The van der Waals surface area contributed by atoms with Gasteiger partial charge in [0.2, 0.25) is 0 Å². The molecule has 1 heteroatoms. The fourth-order valence-corrected chi connectivity index (χ4v) is 4.09. The highest BCUT2D eigenvalue weighted by molar-refractivity contribution is 4.95. The van der Waals surface area contributed by atoms with Crippen molar-refractivity contribution in [2.45, 2.75) is 85.2 Å². The minimum Gasteiger partial charge on any atom is -0.310 e. The van der Waals surface area contributed by atoms with Crippen molar-refractivity contribution in [3.05, 3.63) is 0 Å². The van der Waals surface area contributed by atoms with Crippen molar-refractivity contribution in [1.29, 1.82) is 0 Å². The summed E-state index contributed by atoms with van der Waals surface area (Å²) in [6.45, 7) is 12.2. The zero-order chi connectivity index (χ0) is 12.7. The molecular formula is C16H31N. The molecule has 2 fully saturated rings. The van der Waals surface area contributed by atoms with Crippen LogP contribution in [-0.4, -0.2) is 12.1 Å². The van der Waals surface area contributed by atoms with E-state index in [-0.39, 0.29) is 0 Å². The summed E-state index contributed by atoms with van der Waals surface area (Å²) in [6.07, 6.45) is 8.36. The van der Waals surface area contributed by atoms with E-state index in [0.29, 0.717) is 10.8 Å². The van der Waals surface area contributed by atoms with Crippen LogP contribution >= 0.6 is 0 Å². The van der Waals surface area contributed by atoms with Gasteiger partial charge in [0.1, 0.15) is 0 Å². The lowest BCUT2D eigenvalue weighted by Gasteiger charge is -2.42. The topological polar surface area (TPSA) is 12.0 Å². The highest BCUT2D eigenvalue weighted by atomic mass is 15.0. The van der Waals surface area contributed by atoms with Gasteiger partial charge in [0.15, 0.2) is 0 Å². The fraction of sp³-hybridized carbons (Fsp3) is 1.00. The first-order chi connectivity index (χ1) is 7.80. The van der Waals surface area contributed by atoms with E-state index in [4.69, 9.17) is 0 Å². The number of rotatable bonds is 2. The van der Waals surface area contributed by atoms with Gasteiger partial charge in [-0.25, -0.2) is 0 Å². The molecule has 0 saturated heterocycles. The molecule has 2 aliphatic carbocycles. The van der Waals surface area contributed by atoms with Crippen LogP contribution in [0.2, 0.25) is 0 Å². The van der Waals surface area contributed by atoms with Gasteiger partial charge in [-0.2, -0.15) is 0 Å². The van der Waals surface area contributed by atoms with Gasteiger partial charge < -0.3 is 5.32 Å². The van der Waals surface area contributed by atoms with Crippen LogP contribution in [0.25, 0.3) is 0 Å². The minimum atomic E-state index is 0.521. The summed E-state index contributed by atoms with van der Waals surface area (Å²) in [7, 11) is 0. The standard InChI is InChI=1S/C16H31N/c1-12-11-15(2,3)10-8-13(12)17-14-7-6-9-16(14,4)5/h12-14,17H,6-11H2,1-5H3. The first kappa shape index (κ1) is 13.4. The van der Waals surface area contributed by atoms with Gasteiger partial charge in [0.25, 0.3) is 0 Å². The van der Waals surface area contributed by atoms with Crippen LogP contribution in [0, 0.1) is 16.7 Å². The Bertz CT molecular complexity index is 267. The third-order valence-electron chi connectivity index (χ3n) is 5.37. The second-order valence-electron chi connectivity index (χ2n) is 8.09. The van der Waals surface area contributed by atoms with Gasteiger partial charge >= 0.3 is 0 Å². The van der Waals surface area contributed by atoms with Crippen LogP contribution in [0.5, 0.6) is 0 Å². The van der Waals surface area contributed by atoms with Crippen molar-refractivity contribution in [1.82, 2.24) is 5.32 Å². The fourth-order valence-electron chi connectivity index (χ4n) is 4.09. The quantitative estimate of drug-likeness (QED) is 0.752. The van der Waals surface area contributed by atoms with Crippen molar-refractivity contribution in [2.75, 3.05) is 0 Å². The second-order valence-corrected chi connectivity index (χ2v) is 8.09. The van der Waals surface area contributed by atoms with Gasteiger partial charge in [0, 0.05) is 12.1 Å². The Kier molecular flexibility index (Phi) is 3.60. The van der Waals surface area contributed by atoms with Crippen LogP contribution in [0.1, 0.15) is 73.1 Å². The Balaban J connectivity index is 1.92. The third kappa shape index (κ3) is 3.05.